The van der Waals surface area contributed by atoms with Crippen LogP contribution in [0.1, 0.15) is 162 Å². The van der Waals surface area contributed by atoms with Gasteiger partial charge in [0, 0.05) is 12.8 Å². The van der Waals surface area contributed by atoms with Crippen LogP contribution < -0.4 is 0 Å². The monoisotopic (exact) mass is 979 g/mol. The molecule has 2 aliphatic heterocycles. The minimum atomic E-state index is -1.78. The van der Waals surface area contributed by atoms with E-state index in [-0.39, 0.29) is 19.4 Å². The lowest BCUT2D eigenvalue weighted by Crippen LogP contribution is -2.61. The lowest BCUT2D eigenvalue weighted by molar-refractivity contribution is -0.332. The number of aliphatic hydroxyl groups excluding tert-OH is 7. The molecule has 2 rings (SSSR count). The van der Waals surface area contributed by atoms with Crippen LogP contribution in [0.5, 0.6) is 0 Å². The van der Waals surface area contributed by atoms with E-state index in [1.54, 1.807) is 0 Å². The van der Waals surface area contributed by atoms with Gasteiger partial charge in [0.2, 0.25) is 0 Å². The first-order chi connectivity index (χ1) is 33.5. The fourth-order valence-corrected chi connectivity index (χ4v) is 7.57. The maximum atomic E-state index is 13.0. The first kappa shape index (κ1) is 62.1. The minimum absolute atomic E-state index is 0.121. The average molecular weight is 979 g/mol. The van der Waals surface area contributed by atoms with Crippen molar-refractivity contribution in [3.05, 3.63) is 72.9 Å². The molecule has 0 radical (unpaired) electrons. The van der Waals surface area contributed by atoms with E-state index < -0.39 is 99.3 Å². The number of esters is 2. The summed E-state index contributed by atoms with van der Waals surface area (Å²) in [4.78, 5) is 25.8. The van der Waals surface area contributed by atoms with Gasteiger partial charge in [0.15, 0.2) is 18.7 Å². The molecule has 0 spiro atoms. The average Bonchev–Trinajstić information content (AvgIpc) is 3.34. The molecule has 2 aliphatic rings. The van der Waals surface area contributed by atoms with E-state index in [0.29, 0.717) is 12.8 Å². The Morgan fingerprint density at radius 2 is 0.884 bits per heavy atom. The van der Waals surface area contributed by atoms with Crippen molar-refractivity contribution < 1.29 is 73.8 Å². The number of allylic oxidation sites excluding steroid dienone is 12. The third-order valence-corrected chi connectivity index (χ3v) is 11.9. The number of hydrogen-bond acceptors (Lipinski definition) is 15. The normalized spacial score (nSPS) is 26.2. The van der Waals surface area contributed by atoms with Crippen molar-refractivity contribution in [2.24, 2.45) is 0 Å². The summed E-state index contributed by atoms with van der Waals surface area (Å²) in [6, 6.07) is 0. The van der Waals surface area contributed by atoms with E-state index >= 15 is 0 Å². The quantitative estimate of drug-likeness (QED) is 0.0180. The number of hydrogen-bond donors (Lipinski definition) is 7. The molecule has 396 valence electrons. The summed E-state index contributed by atoms with van der Waals surface area (Å²) in [5.74, 6) is -0.984. The maximum absolute atomic E-state index is 13.0. The Kier molecular flexibility index (Phi) is 36.4. The van der Waals surface area contributed by atoms with Crippen molar-refractivity contribution in [3.63, 3.8) is 0 Å². The van der Waals surface area contributed by atoms with Crippen LogP contribution in [0, 0.1) is 0 Å². The predicted octanol–water partition coefficient (Wildman–Crippen LogP) is 7.43. The highest BCUT2D eigenvalue weighted by molar-refractivity contribution is 5.70. The van der Waals surface area contributed by atoms with Crippen LogP contribution in [0.3, 0.4) is 0 Å². The van der Waals surface area contributed by atoms with Crippen LogP contribution in [0.25, 0.3) is 0 Å². The van der Waals surface area contributed by atoms with Gasteiger partial charge in [-0.2, -0.15) is 0 Å². The summed E-state index contributed by atoms with van der Waals surface area (Å²) in [5, 5.41) is 72.1. The molecule has 0 aromatic carbocycles. The second-order valence-electron chi connectivity index (χ2n) is 18.0. The molecular formula is C54H90O15. The van der Waals surface area contributed by atoms with E-state index in [2.05, 4.69) is 86.8 Å². The van der Waals surface area contributed by atoms with Crippen molar-refractivity contribution in [1.29, 1.82) is 0 Å². The zero-order valence-electron chi connectivity index (χ0n) is 41.8. The molecule has 7 N–H and O–H groups in total. The highest BCUT2D eigenvalue weighted by atomic mass is 16.7. The summed E-state index contributed by atoms with van der Waals surface area (Å²) in [6.45, 7) is 2.45. The zero-order valence-corrected chi connectivity index (χ0v) is 41.8. The van der Waals surface area contributed by atoms with E-state index in [4.69, 9.17) is 28.4 Å². The van der Waals surface area contributed by atoms with Crippen molar-refractivity contribution in [2.45, 2.75) is 229 Å². The molecule has 69 heavy (non-hydrogen) atoms. The summed E-state index contributed by atoms with van der Waals surface area (Å²) < 4.78 is 33.5. The second kappa shape index (κ2) is 40.5. The summed E-state index contributed by atoms with van der Waals surface area (Å²) in [6.07, 6.45) is 30.7. The highest BCUT2D eigenvalue weighted by Gasteiger charge is 2.47. The van der Waals surface area contributed by atoms with E-state index in [1.165, 1.54) is 32.1 Å². The number of aliphatic hydroxyl groups is 7. The fourth-order valence-electron chi connectivity index (χ4n) is 7.57. The number of carbonyl (C=O) groups excluding carboxylic acids is 2. The van der Waals surface area contributed by atoms with Crippen molar-refractivity contribution in [1.82, 2.24) is 0 Å². The van der Waals surface area contributed by atoms with Gasteiger partial charge in [-0.15, -0.1) is 0 Å². The largest absolute Gasteiger partial charge is 0.462 e. The van der Waals surface area contributed by atoms with Gasteiger partial charge in [-0.25, -0.2) is 0 Å². The number of unbranched alkanes of at least 4 members (excludes halogenated alkanes) is 13. The van der Waals surface area contributed by atoms with Crippen LogP contribution >= 0.6 is 0 Å². The van der Waals surface area contributed by atoms with Gasteiger partial charge in [-0.05, 0) is 83.5 Å². The third kappa shape index (κ3) is 28.5. The standard InChI is InChI=1S/C54H90O15/c1-3-5-7-9-11-13-15-17-19-20-21-22-23-25-27-29-31-33-35-37-46(57)67-42(39-64-45(56)36-34-32-30-28-26-24-18-16-14-12-10-8-6-4-2)40-65-53-52(63)50(61)48(59)44(69-53)41-66-54-51(62)49(60)47(58)43(38-55)68-54/h10-13,16-19,21-22,25,27,42-44,47-55,58-63H,3-9,14-15,20,23-24,26,28-41H2,1-2H3/b12-10+,13-11+,18-16+,19-17+,22-21+,27-25+/t42-,43+,44+,47-,48-,49?,50?,51?,52?,53+,54+/m1/s1. The smallest absolute Gasteiger partial charge is 0.306 e. The molecule has 2 saturated heterocycles. The first-order valence-electron chi connectivity index (χ1n) is 26.0. The van der Waals surface area contributed by atoms with Crippen LogP contribution in [0.4, 0.5) is 0 Å². The van der Waals surface area contributed by atoms with Crippen molar-refractivity contribution >= 4 is 11.9 Å². The number of ether oxygens (including phenoxy) is 6. The molecular weight excluding hydrogens is 889 g/mol. The molecule has 4 unspecified atom stereocenters. The lowest BCUT2D eigenvalue weighted by Gasteiger charge is -2.42. The van der Waals surface area contributed by atoms with Gasteiger partial charge < -0.3 is 64.2 Å². The second-order valence-corrected chi connectivity index (χ2v) is 18.0. The first-order valence-corrected chi connectivity index (χ1v) is 26.0. The van der Waals surface area contributed by atoms with Gasteiger partial charge in [0.25, 0.3) is 0 Å². The Morgan fingerprint density at radius 3 is 1.42 bits per heavy atom. The van der Waals surface area contributed by atoms with Crippen molar-refractivity contribution in [2.75, 3.05) is 26.4 Å². The Balaban J connectivity index is 1.83. The van der Waals surface area contributed by atoms with Gasteiger partial charge in [0.05, 0.1) is 19.8 Å². The fraction of sp³-hybridized carbons (Fsp3) is 0.741. The molecule has 0 bridgehead atoms. The topological polar surface area (TPSA) is 231 Å². The minimum Gasteiger partial charge on any atom is -0.462 e. The predicted molar refractivity (Wildman–Crippen MR) is 266 cm³/mol. The number of carbonyl (C=O) groups is 2. The Labute approximate surface area is 412 Å². The van der Waals surface area contributed by atoms with Gasteiger partial charge >= 0.3 is 11.9 Å². The lowest BCUT2D eigenvalue weighted by atomic mass is 9.98. The summed E-state index contributed by atoms with van der Waals surface area (Å²) in [7, 11) is 0. The van der Waals surface area contributed by atoms with E-state index in [1.807, 2.05) is 0 Å². The van der Waals surface area contributed by atoms with Crippen LogP contribution in [0.15, 0.2) is 72.9 Å². The van der Waals surface area contributed by atoms with Gasteiger partial charge in [0.1, 0.15) is 55.4 Å². The zero-order chi connectivity index (χ0) is 50.3. The molecule has 11 atom stereocenters. The Hall–Kier alpha value is -3.06. The van der Waals surface area contributed by atoms with Crippen LogP contribution in [0.2, 0.25) is 0 Å². The molecule has 2 heterocycles. The molecule has 2 fully saturated rings. The van der Waals surface area contributed by atoms with E-state index in [0.717, 1.165) is 89.9 Å². The highest BCUT2D eigenvalue weighted by Crippen LogP contribution is 2.26. The maximum Gasteiger partial charge on any atom is 0.306 e. The van der Waals surface area contributed by atoms with Gasteiger partial charge in [-0.3, -0.25) is 9.59 Å². The molecule has 15 heteroatoms. The van der Waals surface area contributed by atoms with E-state index in [9.17, 15) is 45.3 Å². The van der Waals surface area contributed by atoms with Crippen molar-refractivity contribution in [3.8, 4) is 0 Å². The Bertz CT molecular complexity index is 1480. The molecule has 0 saturated carbocycles. The number of rotatable bonds is 39. The molecule has 0 amide bonds. The third-order valence-electron chi connectivity index (χ3n) is 11.9. The SMILES string of the molecule is CCCC/C=C/C/C=C/CCCCCCCC(=O)OC[C@H](CO[C@H]1O[C@@H](CO[C@H]2O[C@@H](CO)[C@@H](O)C(O)C2O)[C@@H](O)C(O)C1O)OC(=O)CCCCC/C=C/C/C=C/C/C=C/C/C=C/CCCCC. The summed E-state index contributed by atoms with van der Waals surface area (Å²) >= 11 is 0. The molecule has 0 aromatic rings. The molecule has 0 aromatic heterocycles. The summed E-state index contributed by atoms with van der Waals surface area (Å²) in [5.41, 5.74) is 0. The van der Waals surface area contributed by atoms with Gasteiger partial charge in [-0.1, -0.05) is 138 Å². The van der Waals surface area contributed by atoms with Crippen LogP contribution in [-0.2, 0) is 38.0 Å². The van der Waals surface area contributed by atoms with Crippen LogP contribution in [-0.4, -0.2) is 142 Å². The Morgan fingerprint density at radius 1 is 0.464 bits per heavy atom. The molecule has 0 aliphatic carbocycles. The molecule has 15 nitrogen and oxygen atoms in total.